The summed E-state index contributed by atoms with van der Waals surface area (Å²) in [6, 6.07) is 15.1. The minimum Gasteiger partial charge on any atom is -0.497 e. The molecule has 1 aliphatic rings. The number of guanidine groups is 1. The van der Waals surface area contributed by atoms with Gasteiger partial charge in [-0.1, -0.05) is 30.7 Å². The van der Waals surface area contributed by atoms with Gasteiger partial charge in [0.2, 0.25) is 0 Å². The van der Waals surface area contributed by atoms with Crippen LogP contribution >= 0.6 is 24.0 Å². The molecular formula is C23H32IN5O3. The van der Waals surface area contributed by atoms with Crippen LogP contribution in [0.1, 0.15) is 36.4 Å². The van der Waals surface area contributed by atoms with E-state index in [0.29, 0.717) is 19.0 Å². The lowest BCUT2D eigenvalue weighted by Gasteiger charge is -2.35. The Hall–Kier alpha value is -2.40. The highest BCUT2D eigenvalue weighted by molar-refractivity contribution is 14.0. The zero-order chi connectivity index (χ0) is 22.1. The first-order chi connectivity index (χ1) is 15.1. The molecule has 1 heterocycles. The second kappa shape index (κ2) is 13.2. The van der Waals surface area contributed by atoms with Gasteiger partial charge in [0.05, 0.1) is 18.1 Å². The number of likely N-dealkylation sites (tertiary alicyclic amines) is 1. The fourth-order valence-electron chi connectivity index (χ4n) is 3.89. The molecule has 8 nitrogen and oxygen atoms in total. The van der Waals surface area contributed by atoms with E-state index in [1.165, 1.54) is 30.9 Å². The number of hydrogen-bond acceptors (Lipinski definition) is 5. The number of nitro groups is 1. The molecule has 9 heteroatoms. The van der Waals surface area contributed by atoms with Crippen LogP contribution in [0.5, 0.6) is 5.75 Å². The third-order valence-corrected chi connectivity index (χ3v) is 5.60. The SMILES string of the molecule is CN=C(NCc1cccc([N+](=O)[O-])c1)NCC(c1ccc(OC)cc1)N1CCCCC1.I. The van der Waals surface area contributed by atoms with Crippen LogP contribution < -0.4 is 15.4 Å². The average Bonchev–Trinajstić information content (AvgIpc) is 2.82. The Morgan fingerprint density at radius 3 is 2.50 bits per heavy atom. The summed E-state index contributed by atoms with van der Waals surface area (Å²) < 4.78 is 5.31. The van der Waals surface area contributed by atoms with Gasteiger partial charge in [-0.3, -0.25) is 20.0 Å². The van der Waals surface area contributed by atoms with Gasteiger partial charge in [-0.15, -0.1) is 24.0 Å². The zero-order valence-corrected chi connectivity index (χ0v) is 21.0. The topological polar surface area (TPSA) is 92.0 Å². The van der Waals surface area contributed by atoms with Crippen LogP contribution in [-0.2, 0) is 6.54 Å². The Balaban J connectivity index is 0.00000363. The molecule has 174 valence electrons. The Morgan fingerprint density at radius 2 is 1.88 bits per heavy atom. The van der Waals surface area contributed by atoms with Crippen molar-refractivity contribution < 1.29 is 9.66 Å². The summed E-state index contributed by atoms with van der Waals surface area (Å²) in [4.78, 5) is 17.4. The number of methoxy groups -OCH3 is 1. The van der Waals surface area contributed by atoms with Gasteiger partial charge in [0.15, 0.2) is 5.96 Å². The Kier molecular flexibility index (Phi) is 10.7. The van der Waals surface area contributed by atoms with Crippen molar-refractivity contribution in [2.24, 2.45) is 4.99 Å². The Morgan fingerprint density at radius 1 is 1.16 bits per heavy atom. The van der Waals surface area contributed by atoms with E-state index in [9.17, 15) is 10.1 Å². The van der Waals surface area contributed by atoms with E-state index in [1.54, 1.807) is 26.3 Å². The molecule has 0 amide bonds. The second-order valence-electron chi connectivity index (χ2n) is 7.62. The molecule has 2 N–H and O–H groups in total. The number of rotatable bonds is 8. The summed E-state index contributed by atoms with van der Waals surface area (Å²) in [5, 5.41) is 17.7. The third-order valence-electron chi connectivity index (χ3n) is 5.60. The predicted octanol–water partition coefficient (Wildman–Crippen LogP) is 4.11. The van der Waals surface area contributed by atoms with Gasteiger partial charge < -0.3 is 15.4 Å². The first kappa shape index (κ1) is 25.9. The smallest absolute Gasteiger partial charge is 0.269 e. The molecule has 1 fully saturated rings. The number of nitro benzene ring substituents is 1. The van der Waals surface area contributed by atoms with Crippen molar-refractivity contribution in [1.29, 1.82) is 0 Å². The van der Waals surface area contributed by atoms with E-state index >= 15 is 0 Å². The standard InChI is InChI=1S/C23H31N5O3.HI/c1-24-23(25-16-18-7-6-8-20(15-18)28(29)30)26-17-22(27-13-4-3-5-14-27)19-9-11-21(31-2)12-10-19;/h6-12,15,22H,3-5,13-14,16-17H2,1-2H3,(H2,24,25,26);1H. The van der Waals surface area contributed by atoms with Crippen LogP contribution in [0.2, 0.25) is 0 Å². The highest BCUT2D eigenvalue weighted by atomic mass is 127. The molecule has 1 unspecified atom stereocenters. The molecule has 1 saturated heterocycles. The lowest BCUT2D eigenvalue weighted by atomic mass is 10.0. The van der Waals surface area contributed by atoms with Crippen LogP contribution in [0.15, 0.2) is 53.5 Å². The van der Waals surface area contributed by atoms with Crippen LogP contribution in [0.3, 0.4) is 0 Å². The maximum Gasteiger partial charge on any atom is 0.269 e. The average molecular weight is 553 g/mol. The van der Waals surface area contributed by atoms with E-state index in [0.717, 1.165) is 24.4 Å². The summed E-state index contributed by atoms with van der Waals surface area (Å²) in [5.41, 5.74) is 2.16. The number of aliphatic imine (C=N–C) groups is 1. The first-order valence-corrected chi connectivity index (χ1v) is 10.7. The van der Waals surface area contributed by atoms with Gasteiger partial charge >= 0.3 is 0 Å². The van der Waals surface area contributed by atoms with Crippen molar-refractivity contribution in [2.75, 3.05) is 33.8 Å². The lowest BCUT2D eigenvalue weighted by molar-refractivity contribution is -0.384. The molecule has 0 bridgehead atoms. The number of halogens is 1. The fraction of sp³-hybridized carbons (Fsp3) is 0.435. The maximum atomic E-state index is 11.0. The van der Waals surface area contributed by atoms with Gasteiger partial charge in [-0.25, -0.2) is 0 Å². The molecule has 0 aliphatic carbocycles. The minimum absolute atomic E-state index is 0. The summed E-state index contributed by atoms with van der Waals surface area (Å²) in [5.74, 6) is 1.52. The van der Waals surface area contributed by atoms with E-state index in [4.69, 9.17) is 4.74 Å². The number of ether oxygens (including phenoxy) is 1. The normalized spacial score (nSPS) is 15.4. The van der Waals surface area contributed by atoms with E-state index in [2.05, 4.69) is 32.7 Å². The third kappa shape index (κ3) is 7.33. The molecule has 1 atom stereocenters. The van der Waals surface area contributed by atoms with E-state index in [1.807, 2.05) is 18.2 Å². The van der Waals surface area contributed by atoms with Crippen LogP contribution in [-0.4, -0.2) is 49.6 Å². The van der Waals surface area contributed by atoms with Crippen LogP contribution in [0.25, 0.3) is 0 Å². The monoisotopic (exact) mass is 553 g/mol. The van der Waals surface area contributed by atoms with Crippen molar-refractivity contribution in [3.05, 3.63) is 69.8 Å². The van der Waals surface area contributed by atoms with Gasteiger partial charge in [0.1, 0.15) is 5.75 Å². The zero-order valence-electron chi connectivity index (χ0n) is 18.6. The van der Waals surface area contributed by atoms with Crippen molar-refractivity contribution in [1.82, 2.24) is 15.5 Å². The highest BCUT2D eigenvalue weighted by Gasteiger charge is 2.22. The van der Waals surface area contributed by atoms with E-state index < -0.39 is 0 Å². The quantitative estimate of drug-likeness (QED) is 0.168. The maximum absolute atomic E-state index is 11.0. The molecule has 0 spiro atoms. The number of piperidine rings is 1. The van der Waals surface area contributed by atoms with Crippen molar-refractivity contribution in [3.63, 3.8) is 0 Å². The van der Waals surface area contributed by atoms with Crippen molar-refractivity contribution >= 4 is 35.6 Å². The summed E-state index contributed by atoms with van der Waals surface area (Å²) in [6.07, 6.45) is 3.71. The number of nitrogens with one attached hydrogen (secondary N) is 2. The molecule has 0 aromatic heterocycles. The number of non-ortho nitro benzene ring substituents is 1. The fourth-order valence-corrected chi connectivity index (χ4v) is 3.89. The Labute approximate surface area is 206 Å². The predicted molar refractivity (Wildman–Crippen MR) is 138 cm³/mol. The number of hydrogen-bond donors (Lipinski definition) is 2. The van der Waals surface area contributed by atoms with Crippen molar-refractivity contribution in [2.45, 2.75) is 31.8 Å². The summed E-state index contributed by atoms with van der Waals surface area (Å²) in [7, 11) is 3.40. The molecule has 2 aromatic carbocycles. The van der Waals surface area contributed by atoms with Gasteiger partial charge in [-0.05, 0) is 49.2 Å². The summed E-state index contributed by atoms with van der Waals surface area (Å²) >= 11 is 0. The van der Waals surface area contributed by atoms with Gasteiger partial charge in [-0.2, -0.15) is 0 Å². The Bertz CT molecular complexity index is 885. The highest BCUT2D eigenvalue weighted by Crippen LogP contribution is 2.26. The number of nitrogens with zero attached hydrogens (tertiary/aromatic N) is 3. The van der Waals surface area contributed by atoms with Crippen molar-refractivity contribution in [3.8, 4) is 5.75 Å². The van der Waals surface area contributed by atoms with Crippen LogP contribution in [0, 0.1) is 10.1 Å². The van der Waals surface area contributed by atoms with Gasteiger partial charge in [0, 0.05) is 32.3 Å². The van der Waals surface area contributed by atoms with Gasteiger partial charge in [0.25, 0.3) is 5.69 Å². The molecule has 3 rings (SSSR count). The number of benzene rings is 2. The second-order valence-corrected chi connectivity index (χ2v) is 7.62. The molecule has 0 saturated carbocycles. The van der Waals surface area contributed by atoms with E-state index in [-0.39, 0.29) is 40.6 Å². The molecular weight excluding hydrogens is 521 g/mol. The largest absolute Gasteiger partial charge is 0.497 e. The molecule has 32 heavy (non-hydrogen) atoms. The minimum atomic E-state index is -0.380. The van der Waals surface area contributed by atoms with Crippen LogP contribution in [0.4, 0.5) is 5.69 Å². The molecule has 1 aliphatic heterocycles. The first-order valence-electron chi connectivity index (χ1n) is 10.7. The lowest BCUT2D eigenvalue weighted by Crippen LogP contribution is -2.44. The summed E-state index contributed by atoms with van der Waals surface area (Å²) in [6.45, 7) is 3.33. The molecule has 2 aromatic rings. The molecule has 0 radical (unpaired) electrons.